The van der Waals surface area contributed by atoms with Gasteiger partial charge in [0.25, 0.3) is 0 Å². The number of hydrogen-bond donors (Lipinski definition) is 2. The summed E-state index contributed by atoms with van der Waals surface area (Å²) < 4.78 is 2.10. The average molecular weight is 358 g/mol. The Balaban J connectivity index is 1.81. The van der Waals surface area contributed by atoms with Crippen molar-refractivity contribution in [3.05, 3.63) is 42.0 Å². The van der Waals surface area contributed by atoms with Crippen molar-refractivity contribution < 1.29 is 0 Å². The smallest absolute Gasteiger partial charge is 0.188 e. The van der Waals surface area contributed by atoms with E-state index in [4.69, 9.17) is 17.2 Å². The fourth-order valence-electron chi connectivity index (χ4n) is 2.27. The van der Waals surface area contributed by atoms with Gasteiger partial charge in [-0.15, -0.1) is 0 Å². The van der Waals surface area contributed by atoms with Crippen LogP contribution in [0.3, 0.4) is 0 Å². The molecule has 124 valence electrons. The summed E-state index contributed by atoms with van der Waals surface area (Å²) in [5.74, 6) is 1.69. The van der Waals surface area contributed by atoms with E-state index in [1.807, 2.05) is 38.2 Å². The number of imidazole rings is 1. The number of anilines is 1. The SMILES string of the molecule is CNC(=S)Nc1ccc2c(c1)nc(CSc1nccc(C)n1)n2C. The Kier molecular flexibility index (Phi) is 4.96. The fraction of sp³-hybridized carbons (Fsp3) is 0.250. The van der Waals surface area contributed by atoms with Gasteiger partial charge in [-0.2, -0.15) is 0 Å². The van der Waals surface area contributed by atoms with Crippen molar-refractivity contribution in [3.8, 4) is 0 Å². The Morgan fingerprint density at radius 1 is 1.29 bits per heavy atom. The van der Waals surface area contributed by atoms with Crippen LogP contribution in [-0.2, 0) is 12.8 Å². The van der Waals surface area contributed by atoms with Gasteiger partial charge in [-0.05, 0) is 43.4 Å². The van der Waals surface area contributed by atoms with Crippen molar-refractivity contribution >= 4 is 45.8 Å². The first-order chi connectivity index (χ1) is 11.6. The Hall–Kier alpha value is -2.19. The number of thioether (sulfide) groups is 1. The van der Waals surface area contributed by atoms with Gasteiger partial charge in [0.1, 0.15) is 5.82 Å². The summed E-state index contributed by atoms with van der Waals surface area (Å²) in [6.07, 6.45) is 1.78. The van der Waals surface area contributed by atoms with Gasteiger partial charge in [0.2, 0.25) is 0 Å². The third-order valence-corrected chi connectivity index (χ3v) is 4.73. The van der Waals surface area contributed by atoms with Gasteiger partial charge in [0.15, 0.2) is 10.3 Å². The number of nitrogens with zero attached hydrogens (tertiary/aromatic N) is 4. The Morgan fingerprint density at radius 3 is 2.88 bits per heavy atom. The maximum atomic E-state index is 5.13. The molecule has 24 heavy (non-hydrogen) atoms. The molecule has 0 unspecified atom stereocenters. The third-order valence-electron chi connectivity index (χ3n) is 3.56. The Bertz CT molecular complexity index is 889. The second-order valence-corrected chi connectivity index (χ2v) is 6.61. The second-order valence-electron chi connectivity index (χ2n) is 5.26. The van der Waals surface area contributed by atoms with Crippen molar-refractivity contribution in [1.82, 2.24) is 24.8 Å². The van der Waals surface area contributed by atoms with Crippen LogP contribution >= 0.6 is 24.0 Å². The summed E-state index contributed by atoms with van der Waals surface area (Å²) in [6, 6.07) is 7.92. The quantitative estimate of drug-likeness (QED) is 0.422. The van der Waals surface area contributed by atoms with Gasteiger partial charge in [-0.1, -0.05) is 11.8 Å². The van der Waals surface area contributed by atoms with E-state index in [-0.39, 0.29) is 0 Å². The molecule has 2 heterocycles. The predicted octanol–water partition coefficient (Wildman–Crippen LogP) is 2.88. The van der Waals surface area contributed by atoms with Crippen LogP contribution < -0.4 is 10.6 Å². The highest BCUT2D eigenvalue weighted by Crippen LogP contribution is 2.24. The van der Waals surface area contributed by atoms with E-state index in [0.717, 1.165) is 33.4 Å². The molecule has 6 nitrogen and oxygen atoms in total. The van der Waals surface area contributed by atoms with E-state index in [2.05, 4.69) is 25.2 Å². The molecule has 3 aromatic rings. The molecule has 2 N–H and O–H groups in total. The maximum absolute atomic E-state index is 5.13. The molecule has 8 heteroatoms. The molecule has 2 aromatic heterocycles. The lowest BCUT2D eigenvalue weighted by Crippen LogP contribution is -2.23. The van der Waals surface area contributed by atoms with E-state index < -0.39 is 0 Å². The zero-order valence-corrected chi connectivity index (χ0v) is 15.3. The first kappa shape index (κ1) is 16.7. The van der Waals surface area contributed by atoms with Crippen LogP contribution in [0.5, 0.6) is 0 Å². The van der Waals surface area contributed by atoms with Crippen LogP contribution in [-0.4, -0.2) is 31.7 Å². The summed E-state index contributed by atoms with van der Waals surface area (Å²) >= 11 is 6.72. The maximum Gasteiger partial charge on any atom is 0.188 e. The molecule has 0 saturated heterocycles. The summed E-state index contributed by atoms with van der Waals surface area (Å²) in [5.41, 5.74) is 3.90. The highest BCUT2D eigenvalue weighted by Gasteiger charge is 2.10. The van der Waals surface area contributed by atoms with Crippen LogP contribution in [0.1, 0.15) is 11.5 Å². The van der Waals surface area contributed by atoms with Crippen molar-refractivity contribution in [2.45, 2.75) is 17.8 Å². The zero-order valence-electron chi connectivity index (χ0n) is 13.7. The van der Waals surface area contributed by atoms with Crippen LogP contribution in [0, 0.1) is 6.92 Å². The number of aryl methyl sites for hydroxylation is 2. The largest absolute Gasteiger partial charge is 0.366 e. The first-order valence-corrected chi connectivity index (χ1v) is 8.83. The summed E-state index contributed by atoms with van der Waals surface area (Å²) in [7, 11) is 3.81. The van der Waals surface area contributed by atoms with Crippen molar-refractivity contribution in [2.75, 3.05) is 12.4 Å². The standard InChI is InChI=1S/C16H18N6S2/c1-10-6-7-18-16(19-10)24-9-14-21-12-8-11(20-15(23)17-2)4-5-13(12)22(14)3/h4-8H,9H2,1-3H3,(H2,17,20,23). The van der Waals surface area contributed by atoms with Crippen LogP contribution in [0.15, 0.2) is 35.6 Å². The van der Waals surface area contributed by atoms with Crippen molar-refractivity contribution in [2.24, 2.45) is 7.05 Å². The monoisotopic (exact) mass is 358 g/mol. The van der Waals surface area contributed by atoms with Crippen LogP contribution in [0.4, 0.5) is 5.69 Å². The molecule has 0 spiro atoms. The molecule has 0 amide bonds. The molecular formula is C16H18N6S2. The number of hydrogen-bond acceptors (Lipinski definition) is 5. The van der Waals surface area contributed by atoms with Crippen LogP contribution in [0.2, 0.25) is 0 Å². The molecule has 3 rings (SSSR count). The van der Waals surface area contributed by atoms with E-state index in [9.17, 15) is 0 Å². The first-order valence-electron chi connectivity index (χ1n) is 7.43. The zero-order chi connectivity index (χ0) is 17.1. The number of fused-ring (bicyclic) bond motifs is 1. The molecule has 1 aromatic carbocycles. The highest BCUT2D eigenvalue weighted by molar-refractivity contribution is 7.98. The van der Waals surface area contributed by atoms with Gasteiger partial charge < -0.3 is 15.2 Å². The third kappa shape index (κ3) is 3.65. The number of aromatic nitrogens is 4. The lowest BCUT2D eigenvalue weighted by atomic mass is 10.3. The molecule has 0 atom stereocenters. The van der Waals surface area contributed by atoms with E-state index >= 15 is 0 Å². The minimum Gasteiger partial charge on any atom is -0.366 e. The number of nitrogens with one attached hydrogen (secondary N) is 2. The van der Waals surface area contributed by atoms with Crippen molar-refractivity contribution in [1.29, 1.82) is 0 Å². The molecule has 0 aliphatic heterocycles. The molecule has 0 bridgehead atoms. The summed E-state index contributed by atoms with van der Waals surface area (Å²) in [5, 5.41) is 7.37. The average Bonchev–Trinajstić information content (AvgIpc) is 2.88. The number of rotatable bonds is 4. The minimum absolute atomic E-state index is 0.581. The summed E-state index contributed by atoms with van der Waals surface area (Å²) in [4.78, 5) is 13.4. The van der Waals surface area contributed by atoms with Gasteiger partial charge in [-0.3, -0.25) is 0 Å². The van der Waals surface area contributed by atoms with E-state index in [1.54, 1.807) is 25.0 Å². The van der Waals surface area contributed by atoms with Crippen molar-refractivity contribution in [3.63, 3.8) is 0 Å². The molecule has 0 fully saturated rings. The topological polar surface area (TPSA) is 67.7 Å². The van der Waals surface area contributed by atoms with Gasteiger partial charge >= 0.3 is 0 Å². The van der Waals surface area contributed by atoms with E-state index in [0.29, 0.717) is 10.9 Å². The Labute approximate surface area is 150 Å². The molecule has 0 aliphatic rings. The van der Waals surface area contributed by atoms with E-state index in [1.165, 1.54) is 0 Å². The fourth-order valence-corrected chi connectivity index (χ4v) is 3.25. The van der Waals surface area contributed by atoms with Gasteiger partial charge in [0.05, 0.1) is 16.8 Å². The second kappa shape index (κ2) is 7.14. The van der Waals surface area contributed by atoms with Gasteiger partial charge in [-0.25, -0.2) is 15.0 Å². The lowest BCUT2D eigenvalue weighted by molar-refractivity contribution is 0.870. The number of benzene rings is 1. The molecule has 0 saturated carbocycles. The highest BCUT2D eigenvalue weighted by atomic mass is 32.2. The van der Waals surface area contributed by atoms with Gasteiger partial charge in [0, 0.05) is 31.7 Å². The normalized spacial score (nSPS) is 10.8. The minimum atomic E-state index is 0.581. The summed E-state index contributed by atoms with van der Waals surface area (Å²) in [6.45, 7) is 1.96. The van der Waals surface area contributed by atoms with Crippen LogP contribution in [0.25, 0.3) is 11.0 Å². The molecule has 0 aliphatic carbocycles. The Morgan fingerprint density at radius 2 is 2.12 bits per heavy atom. The molecule has 0 radical (unpaired) electrons. The number of thiocarbonyl (C=S) groups is 1. The molecular weight excluding hydrogens is 340 g/mol. The predicted molar refractivity (Wildman–Crippen MR) is 102 cm³/mol. The lowest BCUT2D eigenvalue weighted by Gasteiger charge is -2.06.